The maximum Gasteiger partial charge on any atom is 0.300 e. The number of nitro benzene ring substituents is 1. The van der Waals surface area contributed by atoms with Crippen molar-refractivity contribution in [2.45, 2.75) is 6.42 Å². The predicted octanol–water partition coefficient (Wildman–Crippen LogP) is 1.27. The summed E-state index contributed by atoms with van der Waals surface area (Å²) in [5, 5.41) is 17.0. The molecule has 8 heteroatoms. The lowest BCUT2D eigenvalue weighted by molar-refractivity contribution is -0.385. The summed E-state index contributed by atoms with van der Waals surface area (Å²) in [6.45, 7) is 5.37. The third-order valence-electron chi connectivity index (χ3n) is 3.56. The van der Waals surface area contributed by atoms with E-state index in [2.05, 4.69) is 15.5 Å². The van der Waals surface area contributed by atoms with Crippen LogP contribution in [0.15, 0.2) is 18.2 Å². The Morgan fingerprint density at radius 2 is 2.14 bits per heavy atom. The van der Waals surface area contributed by atoms with E-state index in [1.165, 1.54) is 18.2 Å². The zero-order valence-corrected chi connectivity index (χ0v) is 12.9. The summed E-state index contributed by atoms with van der Waals surface area (Å²) >= 11 is 5.80. The van der Waals surface area contributed by atoms with Gasteiger partial charge in [0.25, 0.3) is 5.91 Å². The lowest BCUT2D eigenvalue weighted by atomic mass is 10.1. The molecule has 22 heavy (non-hydrogen) atoms. The third kappa shape index (κ3) is 4.40. The van der Waals surface area contributed by atoms with Crippen LogP contribution in [0.3, 0.4) is 0 Å². The Labute approximate surface area is 133 Å². The molecule has 1 amide bonds. The minimum Gasteiger partial charge on any atom is -0.352 e. The molecule has 120 valence electrons. The highest BCUT2D eigenvalue weighted by Crippen LogP contribution is 2.27. The molecule has 2 rings (SSSR count). The highest BCUT2D eigenvalue weighted by molar-refractivity contribution is 6.33. The van der Waals surface area contributed by atoms with Gasteiger partial charge in [-0.25, -0.2) is 0 Å². The molecule has 1 aromatic carbocycles. The van der Waals surface area contributed by atoms with Gasteiger partial charge < -0.3 is 15.5 Å². The minimum atomic E-state index is -0.627. The average Bonchev–Trinajstić information content (AvgIpc) is 2.51. The first kappa shape index (κ1) is 16.7. The number of nitro groups is 1. The van der Waals surface area contributed by atoms with Crippen molar-refractivity contribution in [1.29, 1.82) is 0 Å². The van der Waals surface area contributed by atoms with Crippen molar-refractivity contribution in [2.75, 3.05) is 39.3 Å². The Kier molecular flexibility index (Phi) is 6.11. The van der Waals surface area contributed by atoms with Gasteiger partial charge in [0.15, 0.2) is 0 Å². The predicted molar refractivity (Wildman–Crippen MR) is 84.4 cm³/mol. The van der Waals surface area contributed by atoms with Crippen LogP contribution < -0.4 is 10.6 Å². The van der Waals surface area contributed by atoms with Crippen LogP contribution in [0.25, 0.3) is 0 Å². The van der Waals surface area contributed by atoms with Crippen LogP contribution in [0.4, 0.5) is 5.69 Å². The van der Waals surface area contributed by atoms with Gasteiger partial charge in [0, 0.05) is 32.7 Å². The highest BCUT2D eigenvalue weighted by atomic mass is 35.5. The van der Waals surface area contributed by atoms with Gasteiger partial charge in [0.1, 0.15) is 10.6 Å². The van der Waals surface area contributed by atoms with Crippen molar-refractivity contribution >= 4 is 23.2 Å². The van der Waals surface area contributed by atoms with E-state index < -0.39 is 10.8 Å². The van der Waals surface area contributed by atoms with Gasteiger partial charge in [-0.2, -0.15) is 0 Å². The zero-order valence-electron chi connectivity index (χ0n) is 12.2. The highest BCUT2D eigenvalue weighted by Gasteiger charge is 2.23. The summed E-state index contributed by atoms with van der Waals surface area (Å²) in [4.78, 5) is 24.8. The van der Waals surface area contributed by atoms with E-state index in [0.29, 0.717) is 6.54 Å². The Hall–Kier alpha value is -1.70. The van der Waals surface area contributed by atoms with Crippen LogP contribution in [0.2, 0.25) is 5.02 Å². The fourth-order valence-corrected chi connectivity index (χ4v) is 2.66. The molecule has 2 N–H and O–H groups in total. The molecule has 1 aliphatic rings. The number of piperazine rings is 1. The fourth-order valence-electron chi connectivity index (χ4n) is 2.42. The number of rotatable bonds is 6. The van der Waals surface area contributed by atoms with E-state index in [4.69, 9.17) is 11.6 Å². The monoisotopic (exact) mass is 326 g/mol. The molecule has 0 atom stereocenters. The summed E-state index contributed by atoms with van der Waals surface area (Å²) in [5.41, 5.74) is -0.344. The lowest BCUT2D eigenvalue weighted by Gasteiger charge is -2.27. The maximum absolute atomic E-state index is 12.1. The molecule has 7 nitrogen and oxygen atoms in total. The van der Waals surface area contributed by atoms with Crippen molar-refractivity contribution < 1.29 is 9.72 Å². The third-order valence-corrected chi connectivity index (χ3v) is 3.87. The van der Waals surface area contributed by atoms with E-state index in [0.717, 1.165) is 39.1 Å². The molecular formula is C14H19ClN4O3. The Morgan fingerprint density at radius 3 is 2.82 bits per heavy atom. The quantitative estimate of drug-likeness (QED) is 0.467. The summed E-state index contributed by atoms with van der Waals surface area (Å²) in [5.74, 6) is -0.463. The first-order valence-corrected chi connectivity index (χ1v) is 7.61. The van der Waals surface area contributed by atoms with Gasteiger partial charge in [-0.1, -0.05) is 17.7 Å². The minimum absolute atomic E-state index is 0.000303. The molecule has 0 radical (unpaired) electrons. The van der Waals surface area contributed by atoms with Crippen LogP contribution in [-0.4, -0.2) is 55.0 Å². The van der Waals surface area contributed by atoms with Crippen molar-refractivity contribution in [3.8, 4) is 0 Å². The number of hydrogen-bond acceptors (Lipinski definition) is 5. The number of amides is 1. The van der Waals surface area contributed by atoms with Crippen LogP contribution in [0.1, 0.15) is 16.8 Å². The Morgan fingerprint density at radius 1 is 1.41 bits per heavy atom. The van der Waals surface area contributed by atoms with Crippen molar-refractivity contribution in [3.05, 3.63) is 38.9 Å². The number of para-hydroxylation sites is 1. The molecule has 0 unspecified atom stereocenters. The number of benzene rings is 1. The summed E-state index contributed by atoms with van der Waals surface area (Å²) in [6.07, 6.45) is 0.806. The number of carbonyl (C=O) groups is 1. The molecule has 1 aromatic rings. The number of carbonyl (C=O) groups excluding carboxylic acids is 1. The standard InChI is InChI=1S/C14H19ClN4O3/c15-12-4-1-3-11(13(12)19(21)22)14(20)17-5-2-8-18-9-6-16-7-10-18/h1,3-4,16H,2,5-10H2,(H,17,20). The number of hydrogen-bond donors (Lipinski definition) is 2. The van der Waals surface area contributed by atoms with E-state index in [-0.39, 0.29) is 16.3 Å². The first-order valence-electron chi connectivity index (χ1n) is 7.24. The normalized spacial score (nSPS) is 15.5. The maximum atomic E-state index is 12.1. The molecule has 1 aliphatic heterocycles. The van der Waals surface area contributed by atoms with Crippen LogP contribution in [0, 0.1) is 10.1 Å². The second kappa shape index (κ2) is 8.07. The van der Waals surface area contributed by atoms with Gasteiger partial charge >= 0.3 is 5.69 Å². The largest absolute Gasteiger partial charge is 0.352 e. The molecule has 1 saturated heterocycles. The molecule has 0 aliphatic carbocycles. The fraction of sp³-hybridized carbons (Fsp3) is 0.500. The average molecular weight is 327 g/mol. The Balaban J connectivity index is 1.84. The topological polar surface area (TPSA) is 87.5 Å². The first-order chi connectivity index (χ1) is 10.6. The molecule has 0 saturated carbocycles. The van der Waals surface area contributed by atoms with E-state index >= 15 is 0 Å². The lowest BCUT2D eigenvalue weighted by Crippen LogP contribution is -2.44. The molecule has 0 spiro atoms. The van der Waals surface area contributed by atoms with Gasteiger partial charge in [-0.15, -0.1) is 0 Å². The molecule has 0 bridgehead atoms. The van der Waals surface area contributed by atoms with Crippen LogP contribution in [0.5, 0.6) is 0 Å². The van der Waals surface area contributed by atoms with E-state index in [1.807, 2.05) is 0 Å². The number of nitrogens with zero attached hydrogens (tertiary/aromatic N) is 2. The number of halogens is 1. The van der Waals surface area contributed by atoms with E-state index in [1.54, 1.807) is 0 Å². The summed E-state index contributed by atoms with van der Waals surface area (Å²) in [7, 11) is 0. The van der Waals surface area contributed by atoms with Gasteiger partial charge in [0.05, 0.1) is 4.92 Å². The summed E-state index contributed by atoms with van der Waals surface area (Å²) in [6, 6.07) is 4.35. The van der Waals surface area contributed by atoms with Crippen molar-refractivity contribution in [1.82, 2.24) is 15.5 Å². The van der Waals surface area contributed by atoms with Crippen molar-refractivity contribution in [3.63, 3.8) is 0 Å². The zero-order chi connectivity index (χ0) is 15.9. The Bertz CT molecular complexity index is 547. The molecular weight excluding hydrogens is 308 g/mol. The SMILES string of the molecule is O=C(NCCCN1CCNCC1)c1cccc(Cl)c1[N+](=O)[O-]. The number of nitrogens with one attached hydrogen (secondary N) is 2. The second-order valence-electron chi connectivity index (χ2n) is 5.09. The smallest absolute Gasteiger partial charge is 0.300 e. The molecule has 0 aromatic heterocycles. The van der Waals surface area contributed by atoms with Crippen LogP contribution >= 0.6 is 11.6 Å². The van der Waals surface area contributed by atoms with E-state index in [9.17, 15) is 14.9 Å². The van der Waals surface area contributed by atoms with Gasteiger partial charge in [-0.05, 0) is 25.1 Å². The molecule has 1 heterocycles. The van der Waals surface area contributed by atoms with Gasteiger partial charge in [-0.3, -0.25) is 14.9 Å². The second-order valence-corrected chi connectivity index (χ2v) is 5.50. The summed E-state index contributed by atoms with van der Waals surface area (Å²) < 4.78 is 0. The molecule has 1 fully saturated rings. The van der Waals surface area contributed by atoms with Gasteiger partial charge in [0.2, 0.25) is 0 Å². The van der Waals surface area contributed by atoms with Crippen LogP contribution in [-0.2, 0) is 0 Å². The van der Waals surface area contributed by atoms with Crippen molar-refractivity contribution in [2.24, 2.45) is 0 Å².